The Hall–Kier alpha value is -3.75. The Morgan fingerprint density at radius 3 is 2.76 bits per heavy atom. The number of nitrogens with zero attached hydrogens (tertiary/aromatic N) is 4. The van der Waals surface area contributed by atoms with Gasteiger partial charge < -0.3 is 18.9 Å². The van der Waals surface area contributed by atoms with Gasteiger partial charge in [-0.1, -0.05) is 6.07 Å². The van der Waals surface area contributed by atoms with Crippen LogP contribution >= 0.6 is 0 Å². The van der Waals surface area contributed by atoms with Gasteiger partial charge in [0, 0.05) is 26.0 Å². The van der Waals surface area contributed by atoms with E-state index in [1.165, 1.54) is 17.0 Å². The van der Waals surface area contributed by atoms with E-state index in [0.717, 1.165) is 0 Å². The third kappa shape index (κ3) is 3.20. The standard InChI is InChI=1S/C20H18FN5O3/c1-11-16(17-19(29-11)24-10-25(3)20(17)28)18(27)23-9-13-4-5-15(14(21)8-13)26-7-6-22-12(26)2/h4-8,10H,9H2,1-3H3,(H,23,27). The first-order valence-corrected chi connectivity index (χ1v) is 8.88. The molecule has 0 unspecified atom stereocenters. The number of hydrogen-bond donors (Lipinski definition) is 1. The lowest BCUT2D eigenvalue weighted by Gasteiger charge is -2.09. The van der Waals surface area contributed by atoms with Crippen molar-refractivity contribution in [1.82, 2.24) is 24.4 Å². The van der Waals surface area contributed by atoms with Gasteiger partial charge in [0.05, 0.1) is 11.3 Å². The van der Waals surface area contributed by atoms with Crippen molar-refractivity contribution in [3.63, 3.8) is 0 Å². The number of benzene rings is 1. The van der Waals surface area contributed by atoms with E-state index in [2.05, 4.69) is 15.3 Å². The Labute approximate surface area is 164 Å². The maximum Gasteiger partial charge on any atom is 0.265 e. The van der Waals surface area contributed by atoms with Crippen LogP contribution in [0.4, 0.5) is 4.39 Å². The highest BCUT2D eigenvalue weighted by Crippen LogP contribution is 2.21. The van der Waals surface area contributed by atoms with Crippen molar-refractivity contribution in [3.8, 4) is 5.69 Å². The third-order valence-electron chi connectivity index (χ3n) is 4.73. The summed E-state index contributed by atoms with van der Waals surface area (Å²) in [6.45, 7) is 3.47. The van der Waals surface area contributed by atoms with E-state index in [1.807, 2.05) is 0 Å². The van der Waals surface area contributed by atoms with Gasteiger partial charge in [0.1, 0.15) is 29.1 Å². The van der Waals surface area contributed by atoms with Gasteiger partial charge in [0.25, 0.3) is 11.5 Å². The molecule has 0 aliphatic rings. The molecule has 0 saturated heterocycles. The molecule has 29 heavy (non-hydrogen) atoms. The van der Waals surface area contributed by atoms with Crippen LogP contribution < -0.4 is 10.9 Å². The van der Waals surface area contributed by atoms with E-state index in [0.29, 0.717) is 22.8 Å². The fraction of sp³-hybridized carbons (Fsp3) is 0.200. The van der Waals surface area contributed by atoms with Crippen molar-refractivity contribution in [2.75, 3.05) is 0 Å². The second-order valence-corrected chi connectivity index (χ2v) is 6.69. The van der Waals surface area contributed by atoms with Crippen LogP contribution in [-0.2, 0) is 13.6 Å². The number of aromatic nitrogens is 4. The number of carbonyl (C=O) groups excluding carboxylic acids is 1. The minimum absolute atomic E-state index is 0.0889. The summed E-state index contributed by atoms with van der Waals surface area (Å²) in [5.41, 5.74) is 0.833. The molecule has 0 fully saturated rings. The fourth-order valence-corrected chi connectivity index (χ4v) is 3.22. The molecule has 1 aromatic carbocycles. The predicted octanol–water partition coefficient (Wildman–Crippen LogP) is 2.40. The Balaban J connectivity index is 1.58. The molecule has 4 rings (SSSR count). The smallest absolute Gasteiger partial charge is 0.265 e. The summed E-state index contributed by atoms with van der Waals surface area (Å²) >= 11 is 0. The highest BCUT2D eigenvalue weighted by Gasteiger charge is 2.22. The van der Waals surface area contributed by atoms with Crippen LogP contribution in [0.15, 0.2) is 46.1 Å². The number of amides is 1. The summed E-state index contributed by atoms with van der Waals surface area (Å²) in [5, 5.41) is 2.84. The van der Waals surface area contributed by atoms with E-state index < -0.39 is 11.7 Å². The zero-order chi connectivity index (χ0) is 20.7. The second kappa shape index (κ2) is 7.01. The van der Waals surface area contributed by atoms with Gasteiger partial charge in [-0.25, -0.2) is 14.4 Å². The number of furan rings is 1. The molecule has 3 heterocycles. The number of fused-ring (bicyclic) bond motifs is 1. The Bertz CT molecular complexity index is 1300. The van der Waals surface area contributed by atoms with E-state index >= 15 is 0 Å². The van der Waals surface area contributed by atoms with Gasteiger partial charge in [-0.05, 0) is 31.5 Å². The number of rotatable bonds is 4. The van der Waals surface area contributed by atoms with Crippen LogP contribution in [0.25, 0.3) is 16.8 Å². The number of nitrogens with one attached hydrogen (secondary N) is 1. The molecule has 1 N–H and O–H groups in total. The molecule has 0 saturated carbocycles. The van der Waals surface area contributed by atoms with E-state index in [9.17, 15) is 14.0 Å². The maximum absolute atomic E-state index is 14.5. The fourth-order valence-electron chi connectivity index (χ4n) is 3.22. The molecule has 0 bridgehead atoms. The number of aryl methyl sites for hydroxylation is 3. The average Bonchev–Trinajstić information content (AvgIpc) is 3.26. The van der Waals surface area contributed by atoms with Crippen LogP contribution in [0, 0.1) is 19.7 Å². The predicted molar refractivity (Wildman–Crippen MR) is 103 cm³/mol. The van der Waals surface area contributed by atoms with E-state index in [4.69, 9.17) is 4.42 Å². The lowest BCUT2D eigenvalue weighted by atomic mass is 10.1. The maximum atomic E-state index is 14.5. The van der Waals surface area contributed by atoms with E-state index in [-0.39, 0.29) is 28.8 Å². The summed E-state index contributed by atoms with van der Waals surface area (Å²) in [5.74, 6) is 0.0509. The molecule has 9 heteroatoms. The highest BCUT2D eigenvalue weighted by atomic mass is 19.1. The van der Waals surface area contributed by atoms with E-state index in [1.54, 1.807) is 50.0 Å². The van der Waals surface area contributed by atoms with Crippen LogP contribution in [0.1, 0.15) is 27.5 Å². The van der Waals surface area contributed by atoms with Crippen molar-refractivity contribution in [3.05, 3.63) is 75.8 Å². The van der Waals surface area contributed by atoms with Gasteiger partial charge in [-0.15, -0.1) is 0 Å². The lowest BCUT2D eigenvalue weighted by molar-refractivity contribution is 0.0950. The molecule has 4 aromatic rings. The summed E-state index contributed by atoms with van der Waals surface area (Å²) < 4.78 is 22.9. The zero-order valence-electron chi connectivity index (χ0n) is 16.1. The second-order valence-electron chi connectivity index (χ2n) is 6.69. The topological polar surface area (TPSA) is 95.0 Å². The first-order chi connectivity index (χ1) is 13.9. The molecule has 3 aromatic heterocycles. The number of hydrogen-bond acceptors (Lipinski definition) is 5. The lowest BCUT2D eigenvalue weighted by Crippen LogP contribution is -2.26. The Morgan fingerprint density at radius 2 is 2.07 bits per heavy atom. The molecule has 8 nitrogen and oxygen atoms in total. The van der Waals surface area contributed by atoms with Crippen molar-refractivity contribution in [2.45, 2.75) is 20.4 Å². The summed E-state index contributed by atoms with van der Waals surface area (Å²) in [4.78, 5) is 33.2. The molecular formula is C20H18FN5O3. The minimum atomic E-state index is -0.485. The highest BCUT2D eigenvalue weighted by molar-refractivity contribution is 6.06. The molecule has 1 amide bonds. The number of halogens is 1. The van der Waals surface area contributed by atoms with Crippen LogP contribution in [0.3, 0.4) is 0 Å². The number of carbonyl (C=O) groups is 1. The Morgan fingerprint density at radius 1 is 1.28 bits per heavy atom. The molecule has 0 atom stereocenters. The summed E-state index contributed by atoms with van der Waals surface area (Å²) in [7, 11) is 1.55. The summed E-state index contributed by atoms with van der Waals surface area (Å²) in [6.07, 6.45) is 4.61. The first kappa shape index (κ1) is 18.6. The van der Waals surface area contributed by atoms with Crippen LogP contribution in [-0.4, -0.2) is 25.0 Å². The molecule has 148 valence electrons. The first-order valence-electron chi connectivity index (χ1n) is 8.88. The van der Waals surface area contributed by atoms with Gasteiger partial charge in [-0.2, -0.15) is 0 Å². The zero-order valence-corrected chi connectivity index (χ0v) is 16.1. The minimum Gasteiger partial charge on any atom is -0.442 e. The quantitative estimate of drug-likeness (QED) is 0.573. The van der Waals surface area contributed by atoms with Crippen LogP contribution in [0.2, 0.25) is 0 Å². The largest absolute Gasteiger partial charge is 0.442 e. The molecule has 0 aliphatic heterocycles. The molecule has 0 spiro atoms. The van der Waals surface area contributed by atoms with Crippen molar-refractivity contribution in [1.29, 1.82) is 0 Å². The van der Waals surface area contributed by atoms with Gasteiger partial charge in [-0.3, -0.25) is 9.59 Å². The van der Waals surface area contributed by atoms with Crippen molar-refractivity contribution in [2.24, 2.45) is 7.05 Å². The van der Waals surface area contributed by atoms with Crippen molar-refractivity contribution < 1.29 is 13.6 Å². The summed E-state index contributed by atoms with van der Waals surface area (Å²) in [6, 6.07) is 4.71. The van der Waals surface area contributed by atoms with Gasteiger partial charge in [0.15, 0.2) is 0 Å². The number of imidazole rings is 1. The van der Waals surface area contributed by atoms with Gasteiger partial charge in [0.2, 0.25) is 5.71 Å². The van der Waals surface area contributed by atoms with Gasteiger partial charge >= 0.3 is 0 Å². The molecule has 0 aliphatic carbocycles. The normalized spacial score (nSPS) is 11.2. The van der Waals surface area contributed by atoms with Crippen LogP contribution in [0.5, 0.6) is 0 Å². The van der Waals surface area contributed by atoms with Crippen molar-refractivity contribution >= 4 is 17.0 Å². The molecular weight excluding hydrogens is 377 g/mol. The Kier molecular flexibility index (Phi) is 4.50. The average molecular weight is 395 g/mol. The SMILES string of the molecule is Cc1oc2ncn(C)c(=O)c2c1C(=O)NCc1ccc(-n2ccnc2C)c(F)c1. The third-order valence-corrected chi connectivity index (χ3v) is 4.73. The molecule has 0 radical (unpaired) electrons. The monoisotopic (exact) mass is 395 g/mol.